The van der Waals surface area contributed by atoms with Gasteiger partial charge in [0.05, 0.1) is 0 Å². The highest BCUT2D eigenvalue weighted by atomic mass is 16.1. The summed E-state index contributed by atoms with van der Waals surface area (Å²) in [5.74, 6) is -0.0212. The molecule has 0 aromatic heterocycles. The third-order valence-corrected chi connectivity index (χ3v) is 6.12. The number of allylic oxidation sites excluding steroid dienone is 1. The Bertz CT molecular complexity index is 1220. The Balaban J connectivity index is 1.67. The second kappa shape index (κ2) is 6.28. The number of anilines is 1. The van der Waals surface area contributed by atoms with Crippen LogP contribution in [0.15, 0.2) is 89.7 Å². The van der Waals surface area contributed by atoms with Crippen LogP contribution in [-0.2, 0) is 5.41 Å². The fraction of sp³-hybridized carbons (Fsp3) is 0.154. The van der Waals surface area contributed by atoms with Gasteiger partial charge in [-0.15, -0.1) is 0 Å². The van der Waals surface area contributed by atoms with Gasteiger partial charge in [-0.3, -0.25) is 9.79 Å². The highest BCUT2D eigenvalue weighted by molar-refractivity contribution is 6.55. The molecule has 3 aromatic carbocycles. The lowest BCUT2D eigenvalue weighted by atomic mass is 9.83. The van der Waals surface area contributed by atoms with Crippen molar-refractivity contribution in [2.45, 2.75) is 19.3 Å². The van der Waals surface area contributed by atoms with Crippen molar-refractivity contribution in [2.24, 2.45) is 4.99 Å². The van der Waals surface area contributed by atoms with Crippen LogP contribution < -0.4 is 4.90 Å². The van der Waals surface area contributed by atoms with Crippen LogP contribution in [0.3, 0.4) is 0 Å². The number of para-hydroxylation sites is 1. The fourth-order valence-electron chi connectivity index (χ4n) is 4.57. The molecule has 0 N–H and O–H groups in total. The molecule has 2 aliphatic rings. The average molecular weight is 378 g/mol. The van der Waals surface area contributed by atoms with Crippen molar-refractivity contribution < 1.29 is 4.79 Å². The molecule has 0 radical (unpaired) electrons. The highest BCUT2D eigenvalue weighted by Gasteiger charge is 2.38. The summed E-state index contributed by atoms with van der Waals surface area (Å²) in [6.07, 6.45) is 1.87. The molecule has 5 rings (SSSR count). The van der Waals surface area contributed by atoms with E-state index in [0.717, 1.165) is 22.4 Å². The number of nitrogens with zero attached hydrogens (tertiary/aromatic N) is 2. The van der Waals surface area contributed by atoms with Crippen molar-refractivity contribution in [3.05, 3.63) is 101 Å². The first-order valence-corrected chi connectivity index (χ1v) is 9.85. The van der Waals surface area contributed by atoms with Gasteiger partial charge in [-0.25, -0.2) is 0 Å². The van der Waals surface area contributed by atoms with Crippen LogP contribution in [-0.4, -0.2) is 18.5 Å². The van der Waals surface area contributed by atoms with Gasteiger partial charge in [0, 0.05) is 41.2 Å². The molecule has 3 heteroatoms. The zero-order valence-corrected chi connectivity index (χ0v) is 16.8. The quantitative estimate of drug-likeness (QED) is 0.551. The van der Waals surface area contributed by atoms with Gasteiger partial charge in [-0.1, -0.05) is 80.6 Å². The molecule has 0 unspecified atom stereocenters. The number of carbonyl (C=O) groups excluding carboxylic acids is 1. The number of hydrogen-bond acceptors (Lipinski definition) is 3. The molecule has 0 atom stereocenters. The Morgan fingerprint density at radius 1 is 0.793 bits per heavy atom. The minimum Gasteiger partial charge on any atom is -0.346 e. The number of carbonyl (C=O) groups is 1. The van der Waals surface area contributed by atoms with E-state index in [-0.39, 0.29) is 11.2 Å². The maximum absolute atomic E-state index is 13.3. The van der Waals surface area contributed by atoms with Crippen LogP contribution in [0.2, 0.25) is 0 Å². The molecule has 142 valence electrons. The molecule has 0 fully saturated rings. The van der Waals surface area contributed by atoms with Gasteiger partial charge in [0.25, 0.3) is 0 Å². The number of benzene rings is 3. The summed E-state index contributed by atoms with van der Waals surface area (Å²) in [7, 11) is 2.06. The van der Waals surface area contributed by atoms with Crippen molar-refractivity contribution in [3.63, 3.8) is 0 Å². The van der Waals surface area contributed by atoms with Crippen LogP contribution in [0.1, 0.15) is 35.3 Å². The van der Waals surface area contributed by atoms with Crippen LogP contribution in [0.25, 0.3) is 11.1 Å². The smallest absolute Gasteiger partial charge is 0.212 e. The van der Waals surface area contributed by atoms with Crippen molar-refractivity contribution >= 4 is 17.2 Å². The van der Waals surface area contributed by atoms with Crippen LogP contribution in [0, 0.1) is 0 Å². The molecule has 0 bridgehead atoms. The maximum atomic E-state index is 13.3. The first-order valence-electron chi connectivity index (χ1n) is 9.85. The summed E-state index contributed by atoms with van der Waals surface area (Å²) in [4.78, 5) is 20.2. The summed E-state index contributed by atoms with van der Waals surface area (Å²) in [6.45, 7) is 4.40. The lowest BCUT2D eigenvalue weighted by Crippen LogP contribution is -2.24. The van der Waals surface area contributed by atoms with Crippen molar-refractivity contribution in [1.29, 1.82) is 0 Å². The molecule has 3 nitrogen and oxygen atoms in total. The van der Waals surface area contributed by atoms with Gasteiger partial charge < -0.3 is 4.90 Å². The Morgan fingerprint density at radius 2 is 1.34 bits per heavy atom. The molecule has 1 heterocycles. The molecule has 0 saturated heterocycles. The number of Topliss-reactive ketones (excluding diaryl/α,β-unsaturated/α-hetero) is 1. The molecule has 0 saturated carbocycles. The normalized spacial score (nSPS) is 19.3. The number of ketones is 1. The van der Waals surface area contributed by atoms with E-state index in [2.05, 4.69) is 56.1 Å². The van der Waals surface area contributed by atoms with Gasteiger partial charge in [0.15, 0.2) is 0 Å². The van der Waals surface area contributed by atoms with E-state index < -0.39 is 0 Å². The third-order valence-electron chi connectivity index (χ3n) is 6.12. The number of likely N-dealkylation sites (N-methyl/N-ethyl adjacent to an activating group) is 1. The summed E-state index contributed by atoms with van der Waals surface area (Å²) in [5, 5.41) is 0. The van der Waals surface area contributed by atoms with Gasteiger partial charge in [-0.05, 0) is 22.8 Å². The zero-order valence-electron chi connectivity index (χ0n) is 16.8. The molecule has 1 aliphatic carbocycles. The lowest BCUT2D eigenvalue weighted by molar-refractivity contribution is 0.106. The summed E-state index contributed by atoms with van der Waals surface area (Å²) >= 11 is 0. The van der Waals surface area contributed by atoms with E-state index in [0.29, 0.717) is 11.3 Å². The van der Waals surface area contributed by atoms with E-state index in [1.54, 1.807) is 0 Å². The summed E-state index contributed by atoms with van der Waals surface area (Å²) in [6, 6.07) is 24.2. The topological polar surface area (TPSA) is 32.7 Å². The number of aliphatic imine (C=N–C) groups is 1. The van der Waals surface area contributed by atoms with Crippen molar-refractivity contribution in [3.8, 4) is 11.1 Å². The Kier molecular flexibility index (Phi) is 3.82. The van der Waals surface area contributed by atoms with Crippen LogP contribution >= 0.6 is 0 Å². The highest BCUT2D eigenvalue weighted by Crippen LogP contribution is 2.46. The second-order valence-electron chi connectivity index (χ2n) is 8.11. The molecule has 0 amide bonds. The zero-order chi connectivity index (χ0) is 20.2. The Labute approximate surface area is 171 Å². The van der Waals surface area contributed by atoms with Crippen molar-refractivity contribution in [1.82, 2.24) is 0 Å². The number of hydrogen-bond donors (Lipinski definition) is 0. The Morgan fingerprint density at radius 3 is 2.03 bits per heavy atom. The first-order chi connectivity index (χ1) is 14.0. The monoisotopic (exact) mass is 378 g/mol. The standard InChI is InChI=1S/C26H22N2O/c1-26(2)21-14-8-9-15-22(21)28(3)23(26)16-27-24-19-12-6-4-10-17(19)18-11-5-7-13-20(18)25(24)29/h4-16H,1-3H3/b23-16-,27-24?. The minimum atomic E-state index is -0.176. The van der Waals surface area contributed by atoms with Crippen LogP contribution in [0.5, 0.6) is 0 Å². The predicted molar refractivity (Wildman–Crippen MR) is 119 cm³/mol. The molecule has 1 aliphatic heterocycles. The third kappa shape index (κ3) is 2.51. The minimum absolute atomic E-state index is 0.0212. The number of fused-ring (bicyclic) bond motifs is 4. The van der Waals surface area contributed by atoms with E-state index in [9.17, 15) is 4.79 Å². The van der Waals surface area contributed by atoms with Crippen LogP contribution in [0.4, 0.5) is 5.69 Å². The maximum Gasteiger partial charge on any atom is 0.212 e. The largest absolute Gasteiger partial charge is 0.346 e. The van der Waals surface area contributed by atoms with E-state index in [1.807, 2.05) is 48.7 Å². The molecular formula is C26H22N2O. The molecular weight excluding hydrogens is 356 g/mol. The van der Waals surface area contributed by atoms with Gasteiger partial charge in [-0.2, -0.15) is 0 Å². The number of rotatable bonds is 1. The summed E-state index contributed by atoms with van der Waals surface area (Å²) in [5.41, 5.74) is 7.51. The van der Waals surface area contributed by atoms with E-state index in [1.165, 1.54) is 11.3 Å². The second-order valence-corrected chi connectivity index (χ2v) is 8.11. The fourth-order valence-corrected chi connectivity index (χ4v) is 4.57. The average Bonchev–Trinajstić information content (AvgIpc) is 2.94. The van der Waals surface area contributed by atoms with Gasteiger partial charge in [0.2, 0.25) is 5.78 Å². The van der Waals surface area contributed by atoms with Gasteiger partial charge in [0.1, 0.15) is 5.71 Å². The molecule has 3 aromatic rings. The Hall–Kier alpha value is -3.46. The van der Waals surface area contributed by atoms with Gasteiger partial charge >= 0.3 is 0 Å². The summed E-state index contributed by atoms with van der Waals surface area (Å²) < 4.78 is 0. The van der Waals surface area contributed by atoms with Crippen molar-refractivity contribution in [2.75, 3.05) is 11.9 Å². The lowest BCUT2D eigenvalue weighted by Gasteiger charge is -2.24. The first kappa shape index (κ1) is 17.6. The van der Waals surface area contributed by atoms with E-state index in [4.69, 9.17) is 4.99 Å². The SMILES string of the molecule is CN1/C(=C\N=C2C(=O)c3ccccc3-c3ccccc32)C(C)(C)c2ccccc21. The predicted octanol–water partition coefficient (Wildman–Crippen LogP) is 5.61. The molecule has 29 heavy (non-hydrogen) atoms. The molecule has 0 spiro atoms. The van der Waals surface area contributed by atoms with E-state index >= 15 is 0 Å².